The number of halogens is 2. The zero-order valence-electron chi connectivity index (χ0n) is 13.6. The van der Waals surface area contributed by atoms with Crippen molar-refractivity contribution in [2.75, 3.05) is 10.0 Å². The van der Waals surface area contributed by atoms with Gasteiger partial charge in [0.25, 0.3) is 15.9 Å². The molecule has 9 heteroatoms. The average Bonchev–Trinajstić information content (AvgIpc) is 2.94. The van der Waals surface area contributed by atoms with Crippen LogP contribution in [0, 0.1) is 0 Å². The molecule has 0 aromatic heterocycles. The van der Waals surface area contributed by atoms with Gasteiger partial charge in [0.15, 0.2) is 0 Å². The molecule has 3 aromatic carbocycles. The number of hydrogen-bond acceptors (Lipinski definition) is 4. The topological polar surface area (TPSA) is 84.5 Å². The number of alkyl halides is 2. The van der Waals surface area contributed by atoms with Crippen LogP contribution in [0.5, 0.6) is 5.75 Å². The highest BCUT2D eigenvalue weighted by Crippen LogP contribution is 2.37. The Balaban J connectivity index is 1.81. The van der Waals surface area contributed by atoms with Crippen molar-refractivity contribution in [3.8, 4) is 5.75 Å². The van der Waals surface area contributed by atoms with Crippen LogP contribution in [0.4, 0.5) is 20.2 Å². The molecule has 0 fully saturated rings. The Morgan fingerprint density at radius 2 is 1.78 bits per heavy atom. The van der Waals surface area contributed by atoms with E-state index < -0.39 is 16.6 Å². The standard InChI is InChI=1S/C18H12F2N2O4S/c19-18(20)26-14-7-2-1-6-12(14)22-27(24,25)15-9-8-13-16-10(15)4-3-5-11(16)17(23)21-13/h1-9,18,22H,(H,21,23). The Labute approximate surface area is 152 Å². The summed E-state index contributed by atoms with van der Waals surface area (Å²) in [6.45, 7) is -3.09. The molecular weight excluding hydrogens is 378 g/mol. The Hall–Kier alpha value is -3.20. The van der Waals surface area contributed by atoms with E-state index in [-0.39, 0.29) is 22.2 Å². The number of ether oxygens (including phenoxy) is 1. The predicted octanol–water partition coefficient (Wildman–Crippen LogP) is 3.81. The van der Waals surface area contributed by atoms with E-state index in [4.69, 9.17) is 0 Å². The lowest BCUT2D eigenvalue weighted by molar-refractivity contribution is -0.0493. The number of anilines is 2. The number of para-hydroxylation sites is 2. The Morgan fingerprint density at radius 3 is 2.56 bits per heavy atom. The molecule has 3 aromatic rings. The van der Waals surface area contributed by atoms with Crippen LogP contribution in [0.25, 0.3) is 10.8 Å². The number of sulfonamides is 1. The van der Waals surface area contributed by atoms with Crippen LogP contribution in [0.3, 0.4) is 0 Å². The number of nitrogens with one attached hydrogen (secondary N) is 2. The van der Waals surface area contributed by atoms with Crippen LogP contribution in [0.15, 0.2) is 59.5 Å². The minimum atomic E-state index is -4.14. The maximum atomic E-state index is 12.9. The van der Waals surface area contributed by atoms with Gasteiger partial charge in [-0.1, -0.05) is 24.3 Å². The zero-order chi connectivity index (χ0) is 19.2. The summed E-state index contributed by atoms with van der Waals surface area (Å²) in [5.74, 6) is -0.604. The Kier molecular flexibility index (Phi) is 3.96. The molecule has 0 bridgehead atoms. The molecule has 0 aliphatic carbocycles. The van der Waals surface area contributed by atoms with Crippen molar-refractivity contribution in [2.45, 2.75) is 11.5 Å². The molecule has 4 rings (SSSR count). The smallest absolute Gasteiger partial charge is 0.387 e. The number of rotatable bonds is 5. The second-order valence-electron chi connectivity index (χ2n) is 5.77. The molecule has 138 valence electrons. The van der Waals surface area contributed by atoms with E-state index in [1.807, 2.05) is 0 Å². The third-order valence-electron chi connectivity index (χ3n) is 4.13. The largest absolute Gasteiger partial charge is 0.433 e. The van der Waals surface area contributed by atoms with E-state index in [0.717, 1.165) is 0 Å². The number of hydrogen-bond donors (Lipinski definition) is 2. The fraction of sp³-hybridized carbons (Fsp3) is 0.0556. The van der Waals surface area contributed by atoms with Crippen LogP contribution >= 0.6 is 0 Å². The van der Waals surface area contributed by atoms with Gasteiger partial charge < -0.3 is 10.1 Å². The van der Waals surface area contributed by atoms with Gasteiger partial charge in [0.05, 0.1) is 10.6 Å². The number of benzene rings is 3. The minimum Gasteiger partial charge on any atom is -0.433 e. The summed E-state index contributed by atoms with van der Waals surface area (Å²) in [4.78, 5) is 11.9. The maximum Gasteiger partial charge on any atom is 0.387 e. The molecule has 0 spiro atoms. The molecule has 0 saturated heterocycles. The van der Waals surface area contributed by atoms with Gasteiger partial charge in [-0.25, -0.2) is 8.42 Å². The summed E-state index contributed by atoms with van der Waals surface area (Å²) in [7, 11) is -4.14. The lowest BCUT2D eigenvalue weighted by Gasteiger charge is -2.14. The number of amides is 1. The average molecular weight is 390 g/mol. The van der Waals surface area contributed by atoms with Gasteiger partial charge in [-0.05, 0) is 30.3 Å². The molecule has 0 radical (unpaired) electrons. The van der Waals surface area contributed by atoms with Crippen LogP contribution in [-0.4, -0.2) is 20.9 Å². The number of carbonyl (C=O) groups excluding carboxylic acids is 1. The highest BCUT2D eigenvalue weighted by Gasteiger charge is 2.27. The van der Waals surface area contributed by atoms with Gasteiger partial charge >= 0.3 is 6.61 Å². The predicted molar refractivity (Wildman–Crippen MR) is 95.8 cm³/mol. The van der Waals surface area contributed by atoms with E-state index in [0.29, 0.717) is 22.0 Å². The lowest BCUT2D eigenvalue weighted by atomic mass is 10.1. The molecule has 0 unspecified atom stereocenters. The van der Waals surface area contributed by atoms with E-state index in [2.05, 4.69) is 14.8 Å². The first-order valence-corrected chi connectivity index (χ1v) is 9.29. The van der Waals surface area contributed by atoms with Crippen molar-refractivity contribution in [2.24, 2.45) is 0 Å². The van der Waals surface area contributed by atoms with Crippen molar-refractivity contribution < 1.29 is 26.7 Å². The SMILES string of the molecule is O=C1Nc2ccc(S(=O)(=O)Nc3ccccc3OC(F)F)c3cccc1c23. The van der Waals surface area contributed by atoms with Gasteiger partial charge in [0.1, 0.15) is 5.75 Å². The lowest BCUT2D eigenvalue weighted by Crippen LogP contribution is -2.15. The second-order valence-corrected chi connectivity index (χ2v) is 7.42. The molecule has 1 aliphatic heterocycles. The first kappa shape index (κ1) is 17.2. The van der Waals surface area contributed by atoms with Crippen molar-refractivity contribution in [1.82, 2.24) is 0 Å². The summed E-state index contributed by atoms with van der Waals surface area (Å²) in [6, 6.07) is 13.1. The molecule has 1 heterocycles. The monoisotopic (exact) mass is 390 g/mol. The highest BCUT2D eigenvalue weighted by molar-refractivity contribution is 7.93. The molecule has 27 heavy (non-hydrogen) atoms. The fourth-order valence-electron chi connectivity index (χ4n) is 3.05. The molecule has 1 amide bonds. The van der Waals surface area contributed by atoms with Crippen LogP contribution in [0.2, 0.25) is 0 Å². The summed E-state index contributed by atoms with van der Waals surface area (Å²) < 4.78 is 57.6. The summed E-state index contributed by atoms with van der Waals surface area (Å²) in [6.07, 6.45) is 0. The van der Waals surface area contributed by atoms with Crippen LogP contribution in [0.1, 0.15) is 10.4 Å². The quantitative estimate of drug-likeness (QED) is 0.694. The van der Waals surface area contributed by atoms with Gasteiger partial charge in [-0.15, -0.1) is 0 Å². The van der Waals surface area contributed by atoms with Crippen LogP contribution < -0.4 is 14.8 Å². The van der Waals surface area contributed by atoms with Gasteiger partial charge in [-0.2, -0.15) is 8.78 Å². The molecule has 0 saturated carbocycles. The molecule has 1 aliphatic rings. The van der Waals surface area contributed by atoms with Crippen molar-refractivity contribution in [3.05, 3.63) is 60.2 Å². The molecule has 6 nitrogen and oxygen atoms in total. The van der Waals surface area contributed by atoms with E-state index in [1.54, 1.807) is 18.2 Å². The first-order chi connectivity index (χ1) is 12.9. The summed E-state index contributed by atoms with van der Waals surface area (Å²) >= 11 is 0. The number of carbonyl (C=O) groups is 1. The second kappa shape index (κ2) is 6.20. The molecular formula is C18H12F2N2O4S. The third-order valence-corrected chi connectivity index (χ3v) is 5.55. The fourth-order valence-corrected chi connectivity index (χ4v) is 4.32. The maximum absolute atomic E-state index is 12.9. The third kappa shape index (κ3) is 2.95. The normalized spacial score (nSPS) is 13.1. The van der Waals surface area contributed by atoms with Crippen molar-refractivity contribution in [3.63, 3.8) is 0 Å². The van der Waals surface area contributed by atoms with E-state index in [9.17, 15) is 22.0 Å². The Morgan fingerprint density at radius 1 is 1.00 bits per heavy atom. The van der Waals surface area contributed by atoms with Gasteiger partial charge in [-0.3, -0.25) is 9.52 Å². The van der Waals surface area contributed by atoms with Crippen molar-refractivity contribution >= 4 is 38.1 Å². The summed E-state index contributed by atoms with van der Waals surface area (Å²) in [5.41, 5.74) is 0.780. The Bertz CT molecular complexity index is 1180. The van der Waals surface area contributed by atoms with Crippen molar-refractivity contribution in [1.29, 1.82) is 0 Å². The zero-order valence-corrected chi connectivity index (χ0v) is 14.4. The summed E-state index contributed by atoms with van der Waals surface area (Å²) in [5, 5.41) is 3.52. The van der Waals surface area contributed by atoms with Gasteiger partial charge in [0.2, 0.25) is 0 Å². The van der Waals surface area contributed by atoms with Gasteiger partial charge in [0, 0.05) is 22.0 Å². The highest BCUT2D eigenvalue weighted by atomic mass is 32.2. The van der Waals surface area contributed by atoms with Crippen LogP contribution in [-0.2, 0) is 10.0 Å². The van der Waals surface area contributed by atoms with E-state index in [1.165, 1.54) is 36.4 Å². The van der Waals surface area contributed by atoms with E-state index >= 15 is 0 Å². The first-order valence-electron chi connectivity index (χ1n) is 7.80. The molecule has 0 atom stereocenters. The minimum absolute atomic E-state index is 0.0774. The molecule has 2 N–H and O–H groups in total.